The number of oxazole rings is 1. The number of allylic oxidation sites excluding steroid dienone is 3. The number of rotatable bonds is 17. The number of fused-ring (bicyclic) bond motifs is 19. The molecule has 6 aromatic carbocycles. The Kier molecular flexibility index (Phi) is 23.7. The first kappa shape index (κ1) is 93.4. The van der Waals surface area contributed by atoms with E-state index in [2.05, 4.69) is 69.1 Å². The Labute approximate surface area is 819 Å². The number of aliphatic hydroxyl groups is 6. The summed E-state index contributed by atoms with van der Waals surface area (Å²) in [7, 11) is 0. The molecule has 6 N–H and O–H groups in total. The minimum Gasteiger partial charge on any atom is -0.431 e. The highest BCUT2D eigenvalue weighted by atomic mass is 32.2. The second-order valence-corrected chi connectivity index (χ2v) is 45.9. The number of halogens is 3. The zero-order valence-corrected chi connectivity index (χ0v) is 81.5. The van der Waals surface area contributed by atoms with Crippen LogP contribution in [0.3, 0.4) is 0 Å². The summed E-state index contributed by atoms with van der Waals surface area (Å²) in [6.07, 6.45) is 26.1. The third-order valence-electron chi connectivity index (χ3n) is 36.3. The topological polar surface area (TPSA) is 304 Å². The van der Waals surface area contributed by atoms with Crippen molar-refractivity contribution in [3.8, 4) is 39.6 Å². The van der Waals surface area contributed by atoms with Crippen molar-refractivity contribution in [2.45, 2.75) is 215 Å². The van der Waals surface area contributed by atoms with E-state index >= 15 is 0 Å². The summed E-state index contributed by atoms with van der Waals surface area (Å²) in [4.78, 5) is 64.0. The number of ketones is 3. The molecule has 27 heteroatoms. The molecule has 0 saturated heterocycles. The lowest BCUT2D eigenvalue weighted by Crippen LogP contribution is -2.62. The van der Waals surface area contributed by atoms with Gasteiger partial charge in [-0.3, -0.25) is 14.4 Å². The van der Waals surface area contributed by atoms with Crippen LogP contribution in [0, 0.1) is 110 Å². The number of para-hydroxylation sites is 1. The van der Waals surface area contributed by atoms with Crippen LogP contribution < -0.4 is 0 Å². The molecule has 12 aliphatic carbocycles. The normalized spacial score (nSPS) is 32.9. The number of benzene rings is 6. The van der Waals surface area contributed by atoms with Crippen molar-refractivity contribution >= 4 is 81.8 Å². The Hall–Kier alpha value is -10.6. The van der Waals surface area contributed by atoms with Gasteiger partial charge >= 0.3 is 0 Å². The number of Topliss-reactive ketones (excluding diaryl/α,β-unsaturated/α-hetero) is 3. The van der Waals surface area contributed by atoms with Gasteiger partial charge in [-0.05, 0) is 312 Å². The molecule has 139 heavy (non-hydrogen) atoms. The molecule has 9 fully saturated rings. The highest BCUT2D eigenvalue weighted by Crippen LogP contribution is 2.72. The van der Waals surface area contributed by atoms with E-state index < -0.39 is 51.4 Å². The van der Waals surface area contributed by atoms with Crippen LogP contribution in [0.5, 0.6) is 0 Å². The number of hydrogen-bond donors (Lipinski definition) is 6. The number of aryl methyl sites for hydroxylation is 1. The van der Waals surface area contributed by atoms with Crippen molar-refractivity contribution in [2.24, 2.45) is 85.8 Å². The SMILES string of the molecule is CC12Cc3cnn(-c4ccc(F)cc4)c3C=C1CCC1C2[C@@H](O)CC2(C)C1CC[C@]2(O)C(=O)CSc1nc(-c2ccccc2)c(-c2ccccc2)o1.CC12Cc3cnn(-c4ccc(F)cc4)c3C=C1CCC1C2[C@@H](O)CC2(C)C1CC[C@]2(O)C(=O)CSc1ncnc2ccccc12.Cc1ccnc(SCC(=O)[C@@]2(O)CCC3C4CCC5=Cc6c(cnn6-c6ccc(F)cc6)CC5(C)C4[C@@H](O)CC32C)n1. The first-order chi connectivity index (χ1) is 66.7. The second-order valence-electron chi connectivity index (χ2n) is 43.1. The molecule has 6 heterocycles. The number of aromatic nitrogens is 11. The molecule has 6 aromatic heterocycles. The summed E-state index contributed by atoms with van der Waals surface area (Å²) in [6, 6.07) is 48.4. The molecule has 21 atom stereocenters. The molecule has 0 radical (unpaired) electrons. The fourth-order valence-corrected chi connectivity index (χ4v) is 32.2. The van der Waals surface area contributed by atoms with Gasteiger partial charge in [-0.1, -0.05) is 172 Å². The van der Waals surface area contributed by atoms with Gasteiger partial charge in [0, 0.05) is 44.6 Å². The van der Waals surface area contributed by atoms with Gasteiger partial charge in [-0.25, -0.2) is 52.1 Å². The number of nitrogens with zero attached hydrogens (tertiary/aromatic N) is 11. The van der Waals surface area contributed by atoms with E-state index in [4.69, 9.17) is 14.5 Å². The van der Waals surface area contributed by atoms with Crippen LogP contribution in [-0.4, -0.2) is 155 Å². The smallest absolute Gasteiger partial charge is 0.257 e. The molecule has 0 amide bonds. The third kappa shape index (κ3) is 15.3. The highest BCUT2D eigenvalue weighted by Gasteiger charge is 2.72. The average Bonchev–Trinajstić information content (AvgIpc) is 1.62. The third-order valence-corrected chi connectivity index (χ3v) is 39.0. The standard InChI is InChI=1S/C43H42FN3O4S.C36H37FN4O3S.C33H37FN4O3S/c1-41-22-28-24-45-47(31-16-14-30(44)15-17-31)34(28)21-29(41)13-18-32-33-19-20-43(50,42(33,2)23-35(48)37(32)41)36(49)25-52-40-46-38(26-9-5-3-6-10-26)39(51-40)27-11-7-4-8-12-27;1-34-16-21-18-40-41(24-10-8-23(37)9-11-24)29(21)15-22(34)7-12-25-27-13-14-36(44,35(27,2)17-30(42)32(25)34)31(43)19-45-33-26-5-3-4-6-28(26)38-20-39-33;1-19-11-13-35-30(37-19)42-18-28(40)33(41)12-10-25-24-9-4-21-14-26-20(17-36-38(26)23-7-5-22(34)6-8-23)15-31(21,2)29(24)27(39)16-32(25,33)3/h3-12,14-17,21,24,32-33,35,37,48,50H,13,18-20,22-23,25H2,1-2H3;3-6,8-11,15,18,20,25,27,30,32,42,44H,7,12-14,16-17,19H2,1-2H3;5-8,11,13-14,17,24-25,27,29,39,41H,4,9-10,12,15-16,18H2,1-3H3/t32?,33?,35-,37?,41?,42?,43-;25?,27?,30-,32?,34?,35?,36-;24?,25?,27-,29?,31?,32?,33-/m000/s1. The largest absolute Gasteiger partial charge is 0.431 e. The van der Waals surface area contributed by atoms with Gasteiger partial charge < -0.3 is 35.1 Å². The van der Waals surface area contributed by atoms with Crippen LogP contribution in [0.1, 0.15) is 177 Å². The molecule has 9 saturated carbocycles. The van der Waals surface area contributed by atoms with E-state index in [-0.39, 0.29) is 122 Å². The minimum absolute atomic E-state index is 0.000132. The quantitative estimate of drug-likeness (QED) is 0.0280. The summed E-state index contributed by atoms with van der Waals surface area (Å²) in [6.45, 7) is 14.9. The van der Waals surface area contributed by atoms with Crippen LogP contribution in [0.2, 0.25) is 0 Å². The van der Waals surface area contributed by atoms with Crippen molar-refractivity contribution in [2.75, 3.05) is 17.3 Å². The van der Waals surface area contributed by atoms with Gasteiger partial charge in [0.05, 0.1) is 93.8 Å². The van der Waals surface area contributed by atoms with Crippen molar-refractivity contribution in [1.29, 1.82) is 0 Å². The predicted octanol–water partition coefficient (Wildman–Crippen LogP) is 20.1. The zero-order chi connectivity index (χ0) is 96.4. The van der Waals surface area contributed by atoms with E-state index in [1.54, 1.807) is 42.6 Å². The summed E-state index contributed by atoms with van der Waals surface area (Å²) in [5, 5.41) is 89.3. The van der Waals surface area contributed by atoms with E-state index in [9.17, 15) is 58.2 Å². The fourth-order valence-electron chi connectivity index (χ4n) is 29.6. The number of carbonyl (C=O) groups is 3. The van der Waals surface area contributed by atoms with Crippen molar-refractivity contribution in [1.82, 2.24) is 54.3 Å². The van der Waals surface area contributed by atoms with Crippen LogP contribution >= 0.6 is 35.3 Å². The molecule has 21 nitrogen and oxygen atoms in total. The monoisotopic (exact) mass is 1930 g/mol. The molecule has 24 rings (SSSR count). The van der Waals surface area contributed by atoms with Crippen LogP contribution in [0.4, 0.5) is 13.2 Å². The maximum atomic E-state index is 14.2. The second kappa shape index (κ2) is 35.2. The molecule has 12 aliphatic rings. The van der Waals surface area contributed by atoms with Gasteiger partial charge in [0.1, 0.15) is 51.3 Å². The Morgan fingerprint density at radius 1 is 0.439 bits per heavy atom. The molecule has 15 unspecified atom stereocenters. The molecule has 0 aliphatic heterocycles. The van der Waals surface area contributed by atoms with Crippen molar-refractivity contribution in [3.63, 3.8) is 0 Å². The van der Waals surface area contributed by atoms with Crippen LogP contribution in [-0.2, 0) is 33.6 Å². The first-order valence-electron chi connectivity index (χ1n) is 49.2. The van der Waals surface area contributed by atoms with Gasteiger partial charge in [0.15, 0.2) is 28.3 Å². The summed E-state index contributed by atoms with van der Waals surface area (Å²) in [5.74, 6) is 0.526. The van der Waals surface area contributed by atoms with Crippen molar-refractivity contribution in [3.05, 3.63) is 269 Å². The summed E-state index contributed by atoms with van der Waals surface area (Å²) >= 11 is 3.85. The van der Waals surface area contributed by atoms with Gasteiger partial charge in [0.25, 0.3) is 5.22 Å². The fraction of sp³-hybridized carbons (Fsp3) is 0.438. The van der Waals surface area contributed by atoms with E-state index in [0.717, 1.165) is 161 Å². The molecule has 0 spiro atoms. The zero-order valence-electron chi connectivity index (χ0n) is 79.1. The van der Waals surface area contributed by atoms with Gasteiger partial charge in [-0.2, -0.15) is 15.3 Å². The van der Waals surface area contributed by atoms with Crippen LogP contribution in [0.25, 0.3) is 68.8 Å². The van der Waals surface area contributed by atoms with Gasteiger partial charge in [0.2, 0.25) is 0 Å². The lowest BCUT2D eigenvalue weighted by Gasteiger charge is -2.60. The maximum Gasteiger partial charge on any atom is 0.257 e. The number of carbonyl (C=O) groups excluding carboxylic acids is 3. The summed E-state index contributed by atoms with van der Waals surface area (Å²) < 4.78 is 52.8. The molecular weight excluding hydrogens is 1810 g/mol. The van der Waals surface area contributed by atoms with Crippen LogP contribution in [0.15, 0.2) is 231 Å². The maximum absolute atomic E-state index is 14.2. The predicted molar refractivity (Wildman–Crippen MR) is 529 cm³/mol. The lowest BCUT2D eigenvalue weighted by atomic mass is 9.45. The summed E-state index contributed by atoms with van der Waals surface area (Å²) in [5.41, 5.74) is 9.61. The number of thioether (sulfide) groups is 3. The Morgan fingerprint density at radius 2 is 0.820 bits per heavy atom. The van der Waals surface area contributed by atoms with Gasteiger partial charge in [-0.15, -0.1) is 0 Å². The number of aliphatic hydroxyl groups excluding tert-OH is 3. The van der Waals surface area contributed by atoms with E-state index in [1.807, 2.05) is 151 Å². The van der Waals surface area contributed by atoms with E-state index in [0.29, 0.717) is 60.4 Å². The molecular formula is C112H116F3N11O10S3. The Bertz CT molecular complexity index is 6850. The molecule has 12 aromatic rings. The first-order valence-corrected chi connectivity index (χ1v) is 52.1. The van der Waals surface area contributed by atoms with Crippen molar-refractivity contribution < 1.29 is 62.6 Å². The Balaban J connectivity index is 0.000000121. The molecule has 718 valence electrons. The van der Waals surface area contributed by atoms with E-state index in [1.165, 1.54) is 94.7 Å². The highest BCUT2D eigenvalue weighted by molar-refractivity contribution is 8.00. The molecule has 0 bridgehead atoms. The number of hydrogen-bond acceptors (Lipinski definition) is 21. The minimum atomic E-state index is -1.55. The Morgan fingerprint density at radius 3 is 1.23 bits per heavy atom. The lowest BCUT2D eigenvalue weighted by molar-refractivity contribution is -0.178. The average molecular weight is 1930 g/mol.